The van der Waals surface area contributed by atoms with Gasteiger partial charge in [0, 0.05) is 24.7 Å². The van der Waals surface area contributed by atoms with Gasteiger partial charge < -0.3 is 21.1 Å². The lowest BCUT2D eigenvalue weighted by Crippen LogP contribution is -2.52. The number of thioether (sulfide) groups is 1. The fourth-order valence-electron chi connectivity index (χ4n) is 3.11. The number of nitrogens with one attached hydrogen (secondary N) is 1. The molecule has 8 nitrogen and oxygen atoms in total. The largest absolute Gasteiger partial charge is 0.480 e. The Kier molecular flexibility index (Phi) is 6.94. The van der Waals surface area contributed by atoms with Crippen molar-refractivity contribution in [2.75, 3.05) is 11.6 Å². The Bertz CT molecular complexity index is 834. The van der Waals surface area contributed by atoms with E-state index >= 15 is 0 Å². The van der Waals surface area contributed by atoms with Crippen LogP contribution in [0.1, 0.15) is 49.2 Å². The van der Waals surface area contributed by atoms with Crippen LogP contribution < -0.4 is 11.1 Å². The topological polar surface area (TPSA) is 130 Å². The van der Waals surface area contributed by atoms with Gasteiger partial charge in [0.1, 0.15) is 12.1 Å². The number of nitrogens with zero attached hydrogens (tertiary/aromatic N) is 1. The van der Waals surface area contributed by atoms with E-state index in [1.165, 1.54) is 23.6 Å². The molecular weight excluding hydrogens is 394 g/mol. The first-order valence-electron chi connectivity index (χ1n) is 9.23. The molecule has 0 spiro atoms. The van der Waals surface area contributed by atoms with Crippen LogP contribution >= 0.6 is 11.8 Å². The van der Waals surface area contributed by atoms with Crippen LogP contribution in [0.4, 0.5) is 0 Å². The molecule has 2 atom stereocenters. The van der Waals surface area contributed by atoms with E-state index in [-0.39, 0.29) is 23.3 Å². The van der Waals surface area contributed by atoms with Crippen molar-refractivity contribution in [1.29, 1.82) is 0 Å². The van der Waals surface area contributed by atoms with Crippen LogP contribution in [0.15, 0.2) is 18.2 Å². The van der Waals surface area contributed by atoms with E-state index in [2.05, 4.69) is 5.32 Å². The average molecular weight is 422 g/mol. The first kappa shape index (κ1) is 22.7. The second kappa shape index (κ2) is 8.86. The second-order valence-electron chi connectivity index (χ2n) is 8.09. The second-order valence-corrected chi connectivity index (χ2v) is 9.09. The van der Waals surface area contributed by atoms with Crippen LogP contribution in [-0.4, -0.2) is 57.4 Å². The number of aliphatic carboxylic acids is 1. The predicted molar refractivity (Wildman–Crippen MR) is 111 cm³/mol. The highest BCUT2D eigenvalue weighted by atomic mass is 32.2. The molecule has 0 unspecified atom stereocenters. The number of nitrogens with two attached hydrogens (primary N) is 1. The minimum Gasteiger partial charge on any atom is -0.480 e. The summed E-state index contributed by atoms with van der Waals surface area (Å²) in [5.74, 6) is -1.85. The lowest BCUT2D eigenvalue weighted by atomic mass is 9.84. The molecule has 1 fully saturated rings. The molecule has 1 heterocycles. The highest BCUT2D eigenvalue weighted by Crippen LogP contribution is 2.25. The van der Waals surface area contributed by atoms with Gasteiger partial charge in [-0.25, -0.2) is 4.79 Å². The molecule has 4 N–H and O–H groups in total. The molecule has 9 heteroatoms. The molecule has 0 bridgehead atoms. The number of hydrogen-bond donors (Lipinski definition) is 3. The summed E-state index contributed by atoms with van der Waals surface area (Å²) in [6.07, 6.45) is -0.0935. The molecule has 1 saturated heterocycles. The van der Waals surface area contributed by atoms with E-state index in [1.807, 2.05) is 26.8 Å². The molecule has 1 aliphatic rings. The summed E-state index contributed by atoms with van der Waals surface area (Å²) >= 11 is 1.43. The van der Waals surface area contributed by atoms with E-state index in [4.69, 9.17) is 5.73 Å². The Morgan fingerprint density at radius 1 is 1.31 bits per heavy atom. The summed E-state index contributed by atoms with van der Waals surface area (Å²) in [6, 6.07) is 3.21. The molecule has 1 aromatic carbocycles. The van der Waals surface area contributed by atoms with Crippen LogP contribution in [-0.2, 0) is 26.2 Å². The standard InChI is InChI=1S/C20H27N3O5S/c1-11(24)23-10-29-9-16(23)18(26)22-15(19(27)28)7-12-5-6-13(20(2,3)4)8-14(12)17(21)25/h5-6,8,15-16H,7,9-10H2,1-4H3,(H2,21,25)(H,22,26)(H,27,28)/t15-,16+/m0/s1. The number of amides is 3. The van der Waals surface area contributed by atoms with Crippen LogP contribution in [0, 0.1) is 0 Å². The summed E-state index contributed by atoms with van der Waals surface area (Å²) < 4.78 is 0. The van der Waals surface area contributed by atoms with Gasteiger partial charge in [-0.05, 0) is 22.6 Å². The third-order valence-electron chi connectivity index (χ3n) is 4.87. The van der Waals surface area contributed by atoms with Crippen molar-refractivity contribution >= 4 is 35.5 Å². The zero-order valence-corrected chi connectivity index (χ0v) is 17.8. The fraction of sp³-hybridized carbons (Fsp3) is 0.500. The third kappa shape index (κ3) is 5.50. The minimum atomic E-state index is -1.25. The first-order chi connectivity index (χ1) is 13.4. The van der Waals surface area contributed by atoms with E-state index in [1.54, 1.807) is 12.1 Å². The van der Waals surface area contributed by atoms with Crippen LogP contribution in [0.5, 0.6) is 0 Å². The number of hydrogen-bond acceptors (Lipinski definition) is 5. The van der Waals surface area contributed by atoms with E-state index in [0.717, 1.165) is 5.56 Å². The van der Waals surface area contributed by atoms with E-state index < -0.39 is 29.9 Å². The van der Waals surface area contributed by atoms with Crippen LogP contribution in [0.25, 0.3) is 0 Å². The van der Waals surface area contributed by atoms with E-state index in [0.29, 0.717) is 17.2 Å². The number of carbonyl (C=O) groups excluding carboxylic acids is 3. The molecule has 158 valence electrons. The highest BCUT2D eigenvalue weighted by molar-refractivity contribution is 7.99. The maximum absolute atomic E-state index is 12.6. The zero-order valence-electron chi connectivity index (χ0n) is 17.0. The number of primary amides is 1. The van der Waals surface area contributed by atoms with Crippen molar-refractivity contribution in [2.45, 2.75) is 51.6 Å². The van der Waals surface area contributed by atoms with Gasteiger partial charge in [0.25, 0.3) is 0 Å². The molecular formula is C20H27N3O5S. The lowest BCUT2D eigenvalue weighted by molar-refractivity contribution is -0.143. The normalized spacial score (nSPS) is 17.7. The molecule has 1 aromatic rings. The molecule has 29 heavy (non-hydrogen) atoms. The Balaban J connectivity index is 2.25. The summed E-state index contributed by atoms with van der Waals surface area (Å²) in [5.41, 5.74) is 6.88. The molecule has 2 rings (SSSR count). The van der Waals surface area contributed by atoms with Gasteiger partial charge in [-0.15, -0.1) is 11.8 Å². The van der Waals surface area contributed by atoms with Crippen molar-refractivity contribution in [3.05, 3.63) is 34.9 Å². The van der Waals surface area contributed by atoms with Gasteiger partial charge in [-0.1, -0.05) is 32.9 Å². The molecule has 0 saturated carbocycles. The van der Waals surface area contributed by atoms with Crippen LogP contribution in [0.2, 0.25) is 0 Å². The van der Waals surface area contributed by atoms with Crippen molar-refractivity contribution in [3.8, 4) is 0 Å². The summed E-state index contributed by atoms with van der Waals surface area (Å²) in [5, 5.41) is 12.1. The molecule has 0 radical (unpaired) electrons. The zero-order chi connectivity index (χ0) is 21.9. The van der Waals surface area contributed by atoms with Gasteiger partial charge >= 0.3 is 5.97 Å². The van der Waals surface area contributed by atoms with Gasteiger partial charge in [0.05, 0.1) is 5.88 Å². The lowest BCUT2D eigenvalue weighted by Gasteiger charge is -2.24. The van der Waals surface area contributed by atoms with Gasteiger partial charge in [-0.2, -0.15) is 0 Å². The van der Waals surface area contributed by atoms with Crippen molar-refractivity contribution in [3.63, 3.8) is 0 Å². The van der Waals surface area contributed by atoms with Crippen molar-refractivity contribution in [1.82, 2.24) is 10.2 Å². The van der Waals surface area contributed by atoms with E-state index in [9.17, 15) is 24.3 Å². The van der Waals surface area contributed by atoms with Gasteiger partial charge in [0.2, 0.25) is 17.7 Å². The summed E-state index contributed by atoms with van der Waals surface area (Å²) in [6.45, 7) is 7.35. The number of carboxylic acid groups (broad SMARTS) is 1. The monoisotopic (exact) mass is 421 g/mol. The number of carbonyl (C=O) groups is 4. The molecule has 0 aromatic heterocycles. The smallest absolute Gasteiger partial charge is 0.326 e. The average Bonchev–Trinajstić information content (AvgIpc) is 3.10. The van der Waals surface area contributed by atoms with Crippen LogP contribution in [0.3, 0.4) is 0 Å². The number of carboxylic acids is 1. The Hall–Kier alpha value is -2.55. The van der Waals surface area contributed by atoms with Gasteiger partial charge in [0.15, 0.2) is 0 Å². The Labute approximate surface area is 174 Å². The maximum Gasteiger partial charge on any atom is 0.326 e. The Morgan fingerprint density at radius 2 is 1.97 bits per heavy atom. The van der Waals surface area contributed by atoms with Gasteiger partial charge in [-0.3, -0.25) is 14.4 Å². The number of rotatable bonds is 6. The van der Waals surface area contributed by atoms with Crippen molar-refractivity contribution < 1.29 is 24.3 Å². The fourth-order valence-corrected chi connectivity index (χ4v) is 4.33. The predicted octanol–water partition coefficient (Wildman–Crippen LogP) is 1.12. The summed E-state index contributed by atoms with van der Waals surface area (Å²) in [7, 11) is 0. The first-order valence-corrected chi connectivity index (χ1v) is 10.4. The van der Waals surface area contributed by atoms with Crippen molar-refractivity contribution in [2.24, 2.45) is 5.73 Å². The minimum absolute atomic E-state index is 0.0935. The molecule has 3 amide bonds. The Morgan fingerprint density at radius 3 is 2.48 bits per heavy atom. The maximum atomic E-state index is 12.6. The molecule has 0 aliphatic carbocycles. The SMILES string of the molecule is CC(=O)N1CSC[C@@H]1C(=O)N[C@@H](Cc1ccc(C(C)(C)C)cc1C(N)=O)C(=O)O. The quantitative estimate of drug-likeness (QED) is 0.631. The third-order valence-corrected chi connectivity index (χ3v) is 5.88. The highest BCUT2D eigenvalue weighted by Gasteiger charge is 2.35. The summed E-state index contributed by atoms with van der Waals surface area (Å²) in [4.78, 5) is 49.4. The number of benzene rings is 1. The molecule has 1 aliphatic heterocycles.